The minimum atomic E-state index is -1.36. The van der Waals surface area contributed by atoms with Crippen molar-refractivity contribution in [1.29, 1.82) is 0 Å². The second-order valence-electron chi connectivity index (χ2n) is 3.14. The van der Waals surface area contributed by atoms with Crippen LogP contribution < -0.4 is 11.1 Å². The highest BCUT2D eigenvalue weighted by Gasteiger charge is 2.13. The van der Waals surface area contributed by atoms with Crippen LogP contribution in [0.1, 0.15) is 10.4 Å². The van der Waals surface area contributed by atoms with E-state index in [0.717, 1.165) is 4.47 Å². The van der Waals surface area contributed by atoms with E-state index in [-0.39, 0.29) is 12.5 Å². The molecule has 6 heteroatoms. The van der Waals surface area contributed by atoms with Crippen LogP contribution in [0.5, 0.6) is 0 Å². The molecule has 16 heavy (non-hydrogen) atoms. The number of aliphatic hydroxyl groups is 1. The number of nitrogens with two attached hydrogens (primary N) is 1. The molecule has 1 aromatic rings. The Labute approximate surface area is 101 Å². The fraction of sp³-hybridized carbons (Fsp3) is 0.200. The quantitative estimate of drug-likeness (QED) is 0.729. The van der Waals surface area contributed by atoms with Gasteiger partial charge in [-0.15, -0.1) is 0 Å². The van der Waals surface area contributed by atoms with Crippen LogP contribution in [-0.4, -0.2) is 29.6 Å². The molecule has 0 bridgehead atoms. The van der Waals surface area contributed by atoms with Crippen molar-refractivity contribution in [2.24, 2.45) is 5.73 Å². The van der Waals surface area contributed by atoms with Gasteiger partial charge in [-0.25, -0.2) is 0 Å². The molecule has 0 aromatic heterocycles. The van der Waals surface area contributed by atoms with E-state index in [1.807, 2.05) is 0 Å². The number of primary amides is 1. The average Bonchev–Trinajstić information content (AvgIpc) is 2.25. The van der Waals surface area contributed by atoms with Crippen molar-refractivity contribution in [2.45, 2.75) is 6.10 Å². The fourth-order valence-corrected chi connectivity index (χ4v) is 1.42. The Morgan fingerprint density at radius 1 is 1.50 bits per heavy atom. The number of carbonyl (C=O) groups excluding carboxylic acids is 2. The van der Waals surface area contributed by atoms with Gasteiger partial charge in [0.2, 0.25) is 5.91 Å². The predicted octanol–water partition coefficient (Wildman–Crippen LogP) is 0.0251. The minimum Gasteiger partial charge on any atom is -0.381 e. The summed E-state index contributed by atoms with van der Waals surface area (Å²) in [7, 11) is 0. The SMILES string of the molecule is NC(=O)C(O)CNC(=O)c1cccc(Br)c1. The van der Waals surface area contributed by atoms with E-state index in [9.17, 15) is 9.59 Å². The summed E-state index contributed by atoms with van der Waals surface area (Å²) in [5.74, 6) is -1.24. The van der Waals surface area contributed by atoms with Crippen LogP contribution in [0.4, 0.5) is 0 Å². The maximum Gasteiger partial charge on any atom is 0.251 e. The largest absolute Gasteiger partial charge is 0.381 e. The third-order valence-electron chi connectivity index (χ3n) is 1.87. The molecule has 86 valence electrons. The van der Waals surface area contributed by atoms with Crippen molar-refractivity contribution in [3.05, 3.63) is 34.3 Å². The van der Waals surface area contributed by atoms with E-state index < -0.39 is 12.0 Å². The second-order valence-corrected chi connectivity index (χ2v) is 4.05. The summed E-state index contributed by atoms with van der Waals surface area (Å²) in [5, 5.41) is 11.5. The van der Waals surface area contributed by atoms with Crippen molar-refractivity contribution in [3.8, 4) is 0 Å². The molecular weight excluding hydrogens is 276 g/mol. The molecular formula is C10H11BrN2O3. The zero-order valence-corrected chi connectivity index (χ0v) is 9.90. The summed E-state index contributed by atoms with van der Waals surface area (Å²) < 4.78 is 0.774. The maximum absolute atomic E-state index is 11.5. The molecule has 0 aliphatic rings. The van der Waals surface area contributed by atoms with Crippen LogP contribution in [0.25, 0.3) is 0 Å². The molecule has 1 rings (SSSR count). The monoisotopic (exact) mass is 286 g/mol. The van der Waals surface area contributed by atoms with Crippen molar-refractivity contribution >= 4 is 27.7 Å². The highest BCUT2D eigenvalue weighted by molar-refractivity contribution is 9.10. The zero-order chi connectivity index (χ0) is 12.1. The lowest BCUT2D eigenvalue weighted by molar-refractivity contribution is -0.125. The Morgan fingerprint density at radius 3 is 2.75 bits per heavy atom. The van der Waals surface area contributed by atoms with Gasteiger partial charge in [-0.1, -0.05) is 22.0 Å². The fourth-order valence-electron chi connectivity index (χ4n) is 1.02. The maximum atomic E-state index is 11.5. The van der Waals surface area contributed by atoms with Gasteiger partial charge < -0.3 is 16.2 Å². The lowest BCUT2D eigenvalue weighted by Gasteiger charge is -2.08. The minimum absolute atomic E-state index is 0.194. The van der Waals surface area contributed by atoms with E-state index in [2.05, 4.69) is 21.2 Å². The lowest BCUT2D eigenvalue weighted by atomic mass is 10.2. The summed E-state index contributed by atoms with van der Waals surface area (Å²) >= 11 is 3.23. The van der Waals surface area contributed by atoms with Gasteiger partial charge in [0.05, 0.1) is 6.54 Å². The van der Waals surface area contributed by atoms with Crippen LogP contribution in [0, 0.1) is 0 Å². The van der Waals surface area contributed by atoms with Gasteiger partial charge in [0.25, 0.3) is 5.91 Å². The summed E-state index contributed by atoms with van der Waals surface area (Å²) in [4.78, 5) is 22.0. The number of rotatable bonds is 4. The third kappa shape index (κ3) is 3.63. The standard InChI is InChI=1S/C10H11BrN2O3/c11-7-3-1-2-6(4-7)10(16)13-5-8(14)9(12)15/h1-4,8,14H,5H2,(H2,12,15)(H,13,16). The topological polar surface area (TPSA) is 92.4 Å². The molecule has 0 aliphatic carbocycles. The number of hydrogen-bond donors (Lipinski definition) is 3. The van der Waals surface area contributed by atoms with Crippen LogP contribution in [0.3, 0.4) is 0 Å². The summed E-state index contributed by atoms with van der Waals surface area (Å²) in [6.07, 6.45) is -1.36. The predicted molar refractivity (Wildman–Crippen MR) is 61.7 cm³/mol. The molecule has 1 aromatic carbocycles. The summed E-state index contributed by atoms with van der Waals surface area (Å²) in [6, 6.07) is 6.75. The smallest absolute Gasteiger partial charge is 0.251 e. The van der Waals surface area contributed by atoms with Gasteiger partial charge in [-0.05, 0) is 18.2 Å². The Morgan fingerprint density at radius 2 is 2.19 bits per heavy atom. The van der Waals surface area contributed by atoms with Crippen molar-refractivity contribution in [3.63, 3.8) is 0 Å². The first-order valence-corrected chi connectivity index (χ1v) is 5.31. The Bertz CT molecular complexity index is 409. The van der Waals surface area contributed by atoms with E-state index in [1.54, 1.807) is 24.3 Å². The van der Waals surface area contributed by atoms with Crippen molar-refractivity contribution in [1.82, 2.24) is 5.32 Å². The van der Waals surface area contributed by atoms with Gasteiger partial charge >= 0.3 is 0 Å². The Hall–Kier alpha value is -1.40. The first-order chi connectivity index (χ1) is 7.50. The number of hydrogen-bond acceptors (Lipinski definition) is 3. The van der Waals surface area contributed by atoms with E-state index >= 15 is 0 Å². The van der Waals surface area contributed by atoms with Crippen LogP contribution in [0.2, 0.25) is 0 Å². The van der Waals surface area contributed by atoms with Gasteiger partial charge in [0.15, 0.2) is 0 Å². The molecule has 1 unspecified atom stereocenters. The molecule has 4 N–H and O–H groups in total. The molecule has 0 spiro atoms. The zero-order valence-electron chi connectivity index (χ0n) is 8.31. The Balaban J connectivity index is 2.56. The van der Waals surface area contributed by atoms with Gasteiger partial charge in [0.1, 0.15) is 6.10 Å². The molecule has 5 nitrogen and oxygen atoms in total. The molecule has 0 radical (unpaired) electrons. The number of carbonyl (C=O) groups is 2. The number of amides is 2. The number of halogens is 1. The van der Waals surface area contributed by atoms with E-state index in [1.165, 1.54) is 0 Å². The van der Waals surface area contributed by atoms with E-state index in [4.69, 9.17) is 10.8 Å². The molecule has 1 atom stereocenters. The first kappa shape index (κ1) is 12.7. The number of aliphatic hydroxyl groups excluding tert-OH is 1. The highest BCUT2D eigenvalue weighted by atomic mass is 79.9. The van der Waals surface area contributed by atoms with Gasteiger partial charge in [-0.3, -0.25) is 9.59 Å². The van der Waals surface area contributed by atoms with Crippen LogP contribution in [-0.2, 0) is 4.79 Å². The summed E-state index contributed by atoms with van der Waals surface area (Å²) in [5.41, 5.74) is 5.27. The first-order valence-electron chi connectivity index (χ1n) is 4.52. The molecule has 0 fully saturated rings. The molecule has 0 aliphatic heterocycles. The third-order valence-corrected chi connectivity index (χ3v) is 2.36. The molecule has 0 heterocycles. The average molecular weight is 287 g/mol. The van der Waals surface area contributed by atoms with Crippen LogP contribution >= 0.6 is 15.9 Å². The van der Waals surface area contributed by atoms with E-state index in [0.29, 0.717) is 5.56 Å². The highest BCUT2D eigenvalue weighted by Crippen LogP contribution is 2.11. The van der Waals surface area contributed by atoms with Crippen molar-refractivity contribution in [2.75, 3.05) is 6.54 Å². The van der Waals surface area contributed by atoms with Gasteiger partial charge in [0, 0.05) is 10.0 Å². The normalized spacial score (nSPS) is 11.9. The molecule has 2 amide bonds. The molecule has 0 saturated heterocycles. The Kier molecular flexibility index (Phi) is 4.45. The lowest BCUT2D eigenvalue weighted by Crippen LogP contribution is -2.39. The van der Waals surface area contributed by atoms with Crippen LogP contribution in [0.15, 0.2) is 28.7 Å². The number of nitrogens with one attached hydrogen (secondary N) is 1. The molecule has 0 saturated carbocycles. The second kappa shape index (κ2) is 5.62. The van der Waals surface area contributed by atoms with Crippen molar-refractivity contribution < 1.29 is 14.7 Å². The number of benzene rings is 1. The summed E-state index contributed by atoms with van der Waals surface area (Å²) in [6.45, 7) is -0.194. The van der Waals surface area contributed by atoms with Gasteiger partial charge in [-0.2, -0.15) is 0 Å².